The smallest absolute Gasteiger partial charge is 0.243 e. The standard InChI is InChI=1S/C16H23N3O4S/c20-15-6-5-13(24(22,23)19-8-1-2-9-19)10-14(15)18-16(21)12-4-3-7-17-11-12/h5-6,10,12,17,20H,1-4,7-9,11H2,(H,18,21). The van der Waals surface area contributed by atoms with Crippen LogP contribution < -0.4 is 10.6 Å². The van der Waals surface area contributed by atoms with Crippen molar-refractivity contribution in [1.82, 2.24) is 9.62 Å². The van der Waals surface area contributed by atoms with Gasteiger partial charge in [0.1, 0.15) is 5.75 Å². The third kappa shape index (κ3) is 3.55. The molecule has 2 aliphatic heterocycles. The molecule has 3 N–H and O–H groups in total. The number of nitrogens with zero attached hydrogens (tertiary/aromatic N) is 1. The number of carbonyl (C=O) groups is 1. The summed E-state index contributed by atoms with van der Waals surface area (Å²) in [5.74, 6) is -0.502. The minimum absolute atomic E-state index is 0.0965. The summed E-state index contributed by atoms with van der Waals surface area (Å²) in [5, 5.41) is 15.8. The highest BCUT2D eigenvalue weighted by atomic mass is 32.2. The molecule has 0 bridgehead atoms. The summed E-state index contributed by atoms with van der Waals surface area (Å²) in [6.45, 7) is 2.52. The lowest BCUT2D eigenvalue weighted by atomic mass is 9.99. The fourth-order valence-electron chi connectivity index (χ4n) is 3.16. The van der Waals surface area contributed by atoms with E-state index in [0.717, 1.165) is 32.2 Å². The number of rotatable bonds is 4. The maximum Gasteiger partial charge on any atom is 0.243 e. The number of hydrogen-bond donors (Lipinski definition) is 3. The number of nitrogens with one attached hydrogen (secondary N) is 2. The van der Waals surface area contributed by atoms with E-state index in [4.69, 9.17) is 0 Å². The van der Waals surface area contributed by atoms with Crippen molar-refractivity contribution in [2.24, 2.45) is 5.92 Å². The quantitative estimate of drug-likeness (QED) is 0.705. The second-order valence-corrected chi connectivity index (χ2v) is 8.26. The predicted molar refractivity (Wildman–Crippen MR) is 90.3 cm³/mol. The van der Waals surface area contributed by atoms with Crippen LogP contribution in [0.4, 0.5) is 5.69 Å². The Balaban J connectivity index is 1.79. The van der Waals surface area contributed by atoms with E-state index in [1.807, 2.05) is 0 Å². The number of phenols is 1. The second kappa shape index (κ2) is 7.08. The summed E-state index contributed by atoms with van der Waals surface area (Å²) in [6, 6.07) is 4.04. The number of anilines is 1. The molecule has 132 valence electrons. The minimum atomic E-state index is -3.58. The molecular weight excluding hydrogens is 330 g/mol. The van der Waals surface area contributed by atoms with Crippen molar-refractivity contribution in [3.05, 3.63) is 18.2 Å². The number of piperidine rings is 1. The van der Waals surface area contributed by atoms with E-state index < -0.39 is 10.0 Å². The Kier molecular flexibility index (Phi) is 5.07. The summed E-state index contributed by atoms with van der Waals surface area (Å²) in [7, 11) is -3.58. The highest BCUT2D eigenvalue weighted by Gasteiger charge is 2.28. The van der Waals surface area contributed by atoms with Gasteiger partial charge in [0.25, 0.3) is 0 Å². The van der Waals surface area contributed by atoms with Gasteiger partial charge in [0.2, 0.25) is 15.9 Å². The molecule has 2 aliphatic rings. The van der Waals surface area contributed by atoms with Gasteiger partial charge < -0.3 is 15.7 Å². The monoisotopic (exact) mass is 353 g/mol. The second-order valence-electron chi connectivity index (χ2n) is 6.32. The molecule has 24 heavy (non-hydrogen) atoms. The molecule has 0 spiro atoms. The van der Waals surface area contributed by atoms with E-state index >= 15 is 0 Å². The molecule has 2 saturated heterocycles. The summed E-state index contributed by atoms with van der Waals surface area (Å²) in [5.41, 5.74) is 0.144. The highest BCUT2D eigenvalue weighted by molar-refractivity contribution is 7.89. The summed E-state index contributed by atoms with van der Waals surface area (Å²) in [6.07, 6.45) is 3.42. The van der Waals surface area contributed by atoms with Crippen LogP contribution in [-0.2, 0) is 14.8 Å². The van der Waals surface area contributed by atoms with Gasteiger partial charge in [0.15, 0.2) is 0 Å². The molecule has 0 aromatic heterocycles. The maximum atomic E-state index is 12.6. The fraction of sp³-hybridized carbons (Fsp3) is 0.562. The normalized spacial score (nSPS) is 22.4. The average molecular weight is 353 g/mol. The Hall–Kier alpha value is -1.64. The number of amides is 1. The van der Waals surface area contributed by atoms with Gasteiger partial charge >= 0.3 is 0 Å². The summed E-state index contributed by atoms with van der Waals surface area (Å²) < 4.78 is 26.7. The van der Waals surface area contributed by atoms with E-state index in [1.54, 1.807) is 0 Å². The van der Waals surface area contributed by atoms with Crippen LogP contribution in [0.15, 0.2) is 23.1 Å². The number of benzene rings is 1. The first kappa shape index (κ1) is 17.2. The van der Waals surface area contributed by atoms with Crippen molar-refractivity contribution >= 4 is 21.6 Å². The molecule has 0 saturated carbocycles. The Bertz CT molecular complexity index is 708. The Morgan fingerprint density at radius 1 is 1.25 bits per heavy atom. The highest BCUT2D eigenvalue weighted by Crippen LogP contribution is 2.30. The van der Waals surface area contributed by atoms with Crippen LogP contribution in [0, 0.1) is 5.92 Å². The van der Waals surface area contributed by atoms with Crippen LogP contribution in [-0.4, -0.2) is 49.9 Å². The molecule has 7 nitrogen and oxygen atoms in total. The van der Waals surface area contributed by atoms with Gasteiger partial charge in [-0.3, -0.25) is 4.79 Å². The predicted octanol–water partition coefficient (Wildman–Crippen LogP) is 1.11. The number of phenolic OH excluding ortho intramolecular Hbond substituents is 1. The largest absolute Gasteiger partial charge is 0.506 e. The Labute approximate surface area is 142 Å². The average Bonchev–Trinajstić information content (AvgIpc) is 3.13. The van der Waals surface area contributed by atoms with Crippen LogP contribution in [0.3, 0.4) is 0 Å². The molecule has 8 heteroatoms. The van der Waals surface area contributed by atoms with Gasteiger partial charge in [-0.15, -0.1) is 0 Å². The first-order valence-electron chi connectivity index (χ1n) is 8.33. The van der Waals surface area contributed by atoms with Crippen LogP contribution in [0.2, 0.25) is 0 Å². The molecule has 0 aliphatic carbocycles. The number of aromatic hydroxyl groups is 1. The summed E-state index contributed by atoms with van der Waals surface area (Å²) in [4.78, 5) is 12.4. The number of hydrogen-bond acceptors (Lipinski definition) is 5. The van der Waals surface area contributed by atoms with Crippen molar-refractivity contribution in [1.29, 1.82) is 0 Å². The van der Waals surface area contributed by atoms with Gasteiger partial charge in [-0.05, 0) is 50.4 Å². The van der Waals surface area contributed by atoms with Crippen molar-refractivity contribution in [2.75, 3.05) is 31.5 Å². The Morgan fingerprint density at radius 3 is 2.67 bits per heavy atom. The molecule has 0 radical (unpaired) electrons. The Morgan fingerprint density at radius 2 is 2.00 bits per heavy atom. The topological polar surface area (TPSA) is 98.7 Å². The molecule has 1 unspecified atom stereocenters. The molecular formula is C16H23N3O4S. The zero-order valence-electron chi connectivity index (χ0n) is 13.5. The van der Waals surface area contributed by atoms with E-state index in [0.29, 0.717) is 19.6 Å². The SMILES string of the molecule is O=C(Nc1cc(S(=O)(=O)N2CCCC2)ccc1O)C1CCCNC1. The molecule has 2 heterocycles. The van der Waals surface area contributed by atoms with Gasteiger partial charge in [-0.1, -0.05) is 0 Å². The summed E-state index contributed by atoms with van der Waals surface area (Å²) >= 11 is 0. The molecule has 1 atom stereocenters. The van der Waals surface area contributed by atoms with E-state index in [2.05, 4.69) is 10.6 Å². The van der Waals surface area contributed by atoms with Crippen LogP contribution >= 0.6 is 0 Å². The van der Waals surface area contributed by atoms with Crippen molar-refractivity contribution < 1.29 is 18.3 Å². The van der Waals surface area contributed by atoms with Gasteiger partial charge in [-0.2, -0.15) is 4.31 Å². The van der Waals surface area contributed by atoms with Crippen LogP contribution in [0.1, 0.15) is 25.7 Å². The molecule has 2 fully saturated rings. The maximum absolute atomic E-state index is 12.6. The van der Waals surface area contributed by atoms with Crippen molar-refractivity contribution in [3.8, 4) is 5.75 Å². The van der Waals surface area contributed by atoms with Crippen LogP contribution in [0.5, 0.6) is 5.75 Å². The van der Waals surface area contributed by atoms with E-state index in [-0.39, 0.29) is 28.2 Å². The van der Waals surface area contributed by atoms with Gasteiger partial charge in [-0.25, -0.2) is 8.42 Å². The lowest BCUT2D eigenvalue weighted by Crippen LogP contribution is -2.37. The first-order valence-corrected chi connectivity index (χ1v) is 9.77. The number of sulfonamides is 1. The van der Waals surface area contributed by atoms with Gasteiger partial charge in [0, 0.05) is 19.6 Å². The van der Waals surface area contributed by atoms with Crippen LogP contribution in [0.25, 0.3) is 0 Å². The molecule has 1 aromatic rings. The first-order chi connectivity index (χ1) is 11.5. The zero-order valence-corrected chi connectivity index (χ0v) is 14.3. The molecule has 3 rings (SSSR count). The van der Waals surface area contributed by atoms with E-state index in [9.17, 15) is 18.3 Å². The fourth-order valence-corrected chi connectivity index (χ4v) is 4.71. The third-order valence-corrected chi connectivity index (χ3v) is 6.49. The van der Waals surface area contributed by atoms with Crippen molar-refractivity contribution in [2.45, 2.75) is 30.6 Å². The van der Waals surface area contributed by atoms with Crippen molar-refractivity contribution in [3.63, 3.8) is 0 Å². The minimum Gasteiger partial charge on any atom is -0.506 e. The number of carbonyl (C=O) groups excluding carboxylic acids is 1. The zero-order chi connectivity index (χ0) is 17.2. The molecule has 1 amide bonds. The third-order valence-electron chi connectivity index (χ3n) is 4.60. The lowest BCUT2D eigenvalue weighted by molar-refractivity contribution is -0.120. The lowest BCUT2D eigenvalue weighted by Gasteiger charge is -2.22. The molecule has 1 aromatic carbocycles. The van der Waals surface area contributed by atoms with E-state index in [1.165, 1.54) is 22.5 Å². The van der Waals surface area contributed by atoms with Gasteiger partial charge in [0.05, 0.1) is 16.5 Å².